The van der Waals surface area contributed by atoms with Crippen molar-refractivity contribution in [2.75, 3.05) is 20.8 Å². The molecule has 0 aliphatic heterocycles. The first-order chi connectivity index (χ1) is 6.95. The van der Waals surface area contributed by atoms with Gasteiger partial charge in [0, 0.05) is 20.9 Å². The maximum Gasteiger partial charge on any atom is 0.302 e. The van der Waals surface area contributed by atoms with Crippen LogP contribution in [0.1, 0.15) is 34.6 Å². The molecule has 0 spiro atoms. The van der Waals surface area contributed by atoms with E-state index in [0.717, 1.165) is 5.06 Å². The monoisotopic (exact) mass is 221 g/mol. The zero-order valence-corrected chi connectivity index (χ0v) is 10.8. The maximum atomic E-state index is 10.2. The van der Waals surface area contributed by atoms with Crippen molar-refractivity contribution in [1.82, 2.24) is 5.06 Å². The molecule has 0 aliphatic rings. The number of rotatable bonds is 2. The van der Waals surface area contributed by atoms with Gasteiger partial charge in [0.2, 0.25) is 5.91 Å². The van der Waals surface area contributed by atoms with Gasteiger partial charge >= 0.3 is 5.97 Å². The molecule has 0 radical (unpaired) electrons. The molecule has 0 N–H and O–H groups in total. The van der Waals surface area contributed by atoms with E-state index >= 15 is 0 Å². The Morgan fingerprint density at radius 3 is 1.60 bits per heavy atom. The minimum absolute atomic E-state index is 0.0949. The number of nitrogens with zero attached hydrogens (tertiary/aromatic N) is 1. The van der Waals surface area contributed by atoms with Gasteiger partial charge in [0.15, 0.2) is 0 Å². The molecule has 0 aromatic rings. The van der Waals surface area contributed by atoms with Crippen molar-refractivity contribution in [3.8, 4) is 0 Å². The van der Waals surface area contributed by atoms with E-state index in [4.69, 9.17) is 0 Å². The van der Waals surface area contributed by atoms with Crippen LogP contribution in [-0.2, 0) is 19.2 Å². The Morgan fingerprint density at radius 2 is 1.60 bits per heavy atom. The van der Waals surface area contributed by atoms with Crippen LogP contribution in [0.2, 0.25) is 0 Å². The van der Waals surface area contributed by atoms with Gasteiger partial charge < -0.3 is 4.74 Å². The number of hydrogen-bond donors (Lipinski definition) is 0. The van der Waals surface area contributed by atoms with E-state index in [1.54, 1.807) is 14.0 Å². The Labute approximate surface area is 92.3 Å². The van der Waals surface area contributed by atoms with E-state index in [9.17, 15) is 9.59 Å². The molecule has 0 atom stereocenters. The Kier molecular flexibility index (Phi) is 20.0. The van der Waals surface area contributed by atoms with Crippen LogP contribution in [0, 0.1) is 0 Å². The highest BCUT2D eigenvalue weighted by Gasteiger charge is 1.94. The van der Waals surface area contributed by atoms with Gasteiger partial charge in [-0.3, -0.25) is 14.4 Å². The van der Waals surface area contributed by atoms with Crippen molar-refractivity contribution in [3.63, 3.8) is 0 Å². The Morgan fingerprint density at radius 1 is 1.20 bits per heavy atom. The van der Waals surface area contributed by atoms with Crippen molar-refractivity contribution in [2.45, 2.75) is 34.6 Å². The van der Waals surface area contributed by atoms with Crippen LogP contribution >= 0.6 is 0 Å². The summed E-state index contributed by atoms with van der Waals surface area (Å²) in [6.07, 6.45) is 0. The number of esters is 1. The van der Waals surface area contributed by atoms with Crippen LogP contribution in [0.15, 0.2) is 0 Å². The second-order valence-corrected chi connectivity index (χ2v) is 2.12. The predicted molar refractivity (Wildman–Crippen MR) is 59.1 cm³/mol. The number of carbonyl (C=O) groups excluding carboxylic acids is 2. The van der Waals surface area contributed by atoms with E-state index < -0.39 is 0 Å². The van der Waals surface area contributed by atoms with Crippen LogP contribution in [-0.4, -0.2) is 37.7 Å². The van der Waals surface area contributed by atoms with Gasteiger partial charge in [-0.1, -0.05) is 13.8 Å². The molecule has 0 aromatic carbocycles. The summed E-state index contributed by atoms with van der Waals surface area (Å²) >= 11 is 0. The first-order valence-electron chi connectivity index (χ1n) is 4.87. The fourth-order valence-electron chi connectivity index (χ4n) is 0.332. The standard InChI is InChI=1S/C4H9NO2.C4H8O2.C2H6/c1-4(6)5(2)7-3;1-3-6-4(2)5;1-2/h1-3H3;3H2,1-2H3;1-2H3. The molecule has 15 heavy (non-hydrogen) atoms. The van der Waals surface area contributed by atoms with Gasteiger partial charge in [0.05, 0.1) is 13.7 Å². The molecule has 0 aliphatic carbocycles. The fourth-order valence-corrected chi connectivity index (χ4v) is 0.332. The van der Waals surface area contributed by atoms with Gasteiger partial charge in [-0.25, -0.2) is 5.06 Å². The van der Waals surface area contributed by atoms with E-state index in [2.05, 4.69) is 9.57 Å². The van der Waals surface area contributed by atoms with Gasteiger partial charge in [0.1, 0.15) is 0 Å². The quantitative estimate of drug-likeness (QED) is 0.525. The summed E-state index contributed by atoms with van der Waals surface area (Å²) in [5.74, 6) is -0.306. The van der Waals surface area contributed by atoms with Gasteiger partial charge in [-0.15, -0.1) is 0 Å². The SMILES string of the molecule is CC.CCOC(C)=O.CON(C)C(C)=O. The zero-order chi connectivity index (χ0) is 12.9. The van der Waals surface area contributed by atoms with E-state index in [1.807, 2.05) is 13.8 Å². The number of ether oxygens (including phenoxy) is 1. The summed E-state index contributed by atoms with van der Waals surface area (Å²) < 4.78 is 4.40. The molecule has 0 heterocycles. The van der Waals surface area contributed by atoms with Crippen LogP contribution in [0.4, 0.5) is 0 Å². The lowest BCUT2D eigenvalue weighted by Gasteiger charge is -2.08. The molecule has 0 unspecified atom stereocenters. The molecule has 0 aromatic heterocycles. The van der Waals surface area contributed by atoms with Crippen molar-refractivity contribution >= 4 is 11.9 Å². The van der Waals surface area contributed by atoms with Crippen LogP contribution < -0.4 is 0 Å². The summed E-state index contributed by atoms with van der Waals surface area (Å²) in [6.45, 7) is 9.09. The number of amides is 1. The lowest BCUT2D eigenvalue weighted by atomic mass is 10.7. The van der Waals surface area contributed by atoms with Crippen molar-refractivity contribution < 1.29 is 19.2 Å². The third kappa shape index (κ3) is 24.6. The van der Waals surface area contributed by atoms with Gasteiger partial charge in [-0.2, -0.15) is 0 Å². The Bertz CT molecular complexity index is 160. The van der Waals surface area contributed by atoms with Crippen molar-refractivity contribution in [3.05, 3.63) is 0 Å². The first-order valence-corrected chi connectivity index (χ1v) is 4.87. The predicted octanol–water partition coefficient (Wildman–Crippen LogP) is 1.62. The van der Waals surface area contributed by atoms with Crippen molar-refractivity contribution in [2.24, 2.45) is 0 Å². The van der Waals surface area contributed by atoms with Gasteiger partial charge in [-0.05, 0) is 6.92 Å². The summed E-state index contributed by atoms with van der Waals surface area (Å²) in [4.78, 5) is 24.5. The summed E-state index contributed by atoms with van der Waals surface area (Å²) in [5, 5.41) is 1.15. The molecule has 0 saturated carbocycles. The molecule has 0 fully saturated rings. The molecule has 92 valence electrons. The minimum Gasteiger partial charge on any atom is -0.466 e. The highest BCUT2D eigenvalue weighted by molar-refractivity contribution is 5.71. The third-order valence-corrected chi connectivity index (χ3v) is 1.06. The Balaban J connectivity index is -0.000000166. The van der Waals surface area contributed by atoms with Crippen LogP contribution in [0.5, 0.6) is 0 Å². The molecule has 0 saturated heterocycles. The number of hydrogen-bond acceptors (Lipinski definition) is 4. The lowest BCUT2D eigenvalue weighted by molar-refractivity contribution is -0.165. The highest BCUT2D eigenvalue weighted by atomic mass is 16.7. The van der Waals surface area contributed by atoms with E-state index in [1.165, 1.54) is 21.0 Å². The molecule has 0 rings (SSSR count). The summed E-state index contributed by atoms with van der Waals surface area (Å²) in [5.41, 5.74) is 0. The molecular weight excluding hydrogens is 198 g/mol. The smallest absolute Gasteiger partial charge is 0.302 e. The second-order valence-electron chi connectivity index (χ2n) is 2.12. The first kappa shape index (κ1) is 19.5. The zero-order valence-electron chi connectivity index (χ0n) is 10.8. The molecule has 5 nitrogen and oxygen atoms in total. The number of carbonyl (C=O) groups is 2. The third-order valence-electron chi connectivity index (χ3n) is 1.06. The summed E-state index contributed by atoms with van der Waals surface area (Å²) in [6, 6.07) is 0. The van der Waals surface area contributed by atoms with Crippen molar-refractivity contribution in [1.29, 1.82) is 0 Å². The maximum absolute atomic E-state index is 10.2. The Hall–Kier alpha value is -1.10. The summed E-state index contributed by atoms with van der Waals surface area (Å²) in [7, 11) is 3.00. The lowest BCUT2D eigenvalue weighted by Crippen LogP contribution is -2.21. The van der Waals surface area contributed by atoms with Crippen LogP contribution in [0.25, 0.3) is 0 Å². The van der Waals surface area contributed by atoms with E-state index in [-0.39, 0.29) is 11.9 Å². The van der Waals surface area contributed by atoms with Gasteiger partial charge in [0.25, 0.3) is 0 Å². The largest absolute Gasteiger partial charge is 0.466 e. The topological polar surface area (TPSA) is 55.8 Å². The van der Waals surface area contributed by atoms with Crippen LogP contribution in [0.3, 0.4) is 0 Å². The van der Waals surface area contributed by atoms with E-state index in [0.29, 0.717) is 6.61 Å². The molecular formula is C10H23NO4. The normalized spacial score (nSPS) is 7.40. The molecule has 1 amide bonds. The highest BCUT2D eigenvalue weighted by Crippen LogP contribution is 1.78. The average molecular weight is 221 g/mol. The average Bonchev–Trinajstić information content (AvgIpc) is 2.20. The number of hydroxylamine groups is 2. The molecule has 0 bridgehead atoms. The fraction of sp³-hybridized carbons (Fsp3) is 0.800. The minimum atomic E-state index is -0.211. The second kappa shape index (κ2) is 15.4. The molecule has 5 heteroatoms.